The molecule has 0 aliphatic carbocycles. The molecule has 3 heterocycles. The van der Waals surface area contributed by atoms with Crippen LogP contribution in [0.2, 0.25) is 0 Å². The second-order valence-corrected chi connectivity index (χ2v) is 7.04. The van der Waals surface area contributed by atoms with Gasteiger partial charge >= 0.3 is 0 Å². The van der Waals surface area contributed by atoms with Gasteiger partial charge in [0.25, 0.3) is 5.91 Å². The standard InChI is InChI=1S/C20H23N5O2/c1-13-3-5-16(6-4-13)27-14(2)20(26)25-11-7-15(8-12-25)17-18-19(24-23-17)22-10-9-21-18/h3-6,9-10,14-15H,7-8,11-12H2,1-2H3,(H,22,23,24). The zero-order chi connectivity index (χ0) is 18.8. The molecule has 4 rings (SSSR count). The first-order chi connectivity index (χ1) is 13.1. The van der Waals surface area contributed by atoms with Crippen LogP contribution in [0.4, 0.5) is 0 Å². The van der Waals surface area contributed by atoms with Crippen molar-refractivity contribution in [1.29, 1.82) is 0 Å². The average Bonchev–Trinajstić information content (AvgIpc) is 3.13. The van der Waals surface area contributed by atoms with Crippen LogP contribution >= 0.6 is 0 Å². The quantitative estimate of drug-likeness (QED) is 0.768. The van der Waals surface area contributed by atoms with E-state index in [0.29, 0.717) is 24.7 Å². The van der Waals surface area contributed by atoms with Crippen molar-refractivity contribution >= 4 is 17.1 Å². The van der Waals surface area contributed by atoms with E-state index in [1.54, 1.807) is 12.4 Å². The van der Waals surface area contributed by atoms with E-state index in [1.165, 1.54) is 5.56 Å². The van der Waals surface area contributed by atoms with Crippen molar-refractivity contribution in [3.8, 4) is 5.75 Å². The SMILES string of the molecule is Cc1ccc(OC(C)C(=O)N2CCC(c3[nH]nc4nccnc34)CC2)cc1. The lowest BCUT2D eigenvalue weighted by molar-refractivity contribution is -0.139. The van der Waals surface area contributed by atoms with Crippen LogP contribution in [0, 0.1) is 6.92 Å². The molecule has 7 heteroatoms. The zero-order valence-electron chi connectivity index (χ0n) is 15.6. The number of fused-ring (bicyclic) bond motifs is 1. The maximum atomic E-state index is 12.7. The van der Waals surface area contributed by atoms with Crippen molar-refractivity contribution in [2.24, 2.45) is 0 Å². The highest BCUT2D eigenvalue weighted by Crippen LogP contribution is 2.30. The molecule has 0 radical (unpaired) electrons. The van der Waals surface area contributed by atoms with Gasteiger partial charge in [-0.25, -0.2) is 9.97 Å². The minimum atomic E-state index is -0.497. The lowest BCUT2D eigenvalue weighted by atomic mass is 9.93. The van der Waals surface area contributed by atoms with E-state index < -0.39 is 6.10 Å². The van der Waals surface area contributed by atoms with Crippen LogP contribution in [0.3, 0.4) is 0 Å². The predicted octanol–water partition coefficient (Wildman–Crippen LogP) is 2.83. The van der Waals surface area contributed by atoms with Crippen LogP contribution in [0.5, 0.6) is 5.75 Å². The largest absolute Gasteiger partial charge is 0.481 e. The molecule has 1 aromatic carbocycles. The Balaban J connectivity index is 1.37. The number of benzene rings is 1. The first-order valence-corrected chi connectivity index (χ1v) is 9.29. The second-order valence-electron chi connectivity index (χ2n) is 7.04. The summed E-state index contributed by atoms with van der Waals surface area (Å²) in [4.78, 5) is 23.2. The highest BCUT2D eigenvalue weighted by Gasteiger charge is 2.29. The number of hydrogen-bond donors (Lipinski definition) is 1. The van der Waals surface area contributed by atoms with E-state index in [4.69, 9.17) is 4.74 Å². The van der Waals surface area contributed by atoms with Crippen LogP contribution in [0.25, 0.3) is 11.2 Å². The smallest absolute Gasteiger partial charge is 0.263 e. The summed E-state index contributed by atoms with van der Waals surface area (Å²) in [5.41, 5.74) is 3.66. The number of likely N-dealkylation sites (tertiary alicyclic amines) is 1. The number of piperidine rings is 1. The minimum absolute atomic E-state index is 0.0308. The van der Waals surface area contributed by atoms with Crippen LogP contribution in [-0.4, -0.2) is 50.2 Å². The predicted molar refractivity (Wildman–Crippen MR) is 102 cm³/mol. The molecule has 1 aliphatic heterocycles. The summed E-state index contributed by atoms with van der Waals surface area (Å²) in [6.07, 6.45) is 4.57. The van der Waals surface area contributed by atoms with E-state index in [1.807, 2.05) is 43.0 Å². The lowest BCUT2D eigenvalue weighted by Gasteiger charge is -2.33. The fourth-order valence-electron chi connectivity index (χ4n) is 3.57. The fraction of sp³-hybridized carbons (Fsp3) is 0.400. The van der Waals surface area contributed by atoms with Gasteiger partial charge in [0.15, 0.2) is 11.8 Å². The average molecular weight is 365 g/mol. The molecular formula is C20H23N5O2. The Kier molecular flexibility index (Phi) is 4.75. The van der Waals surface area contributed by atoms with Gasteiger partial charge in [-0.15, -0.1) is 0 Å². The van der Waals surface area contributed by atoms with Crippen molar-refractivity contribution in [3.63, 3.8) is 0 Å². The van der Waals surface area contributed by atoms with Crippen LogP contribution in [0.1, 0.15) is 36.9 Å². The van der Waals surface area contributed by atoms with Gasteiger partial charge in [0.2, 0.25) is 0 Å². The summed E-state index contributed by atoms with van der Waals surface area (Å²) in [6, 6.07) is 7.76. The molecule has 1 saturated heterocycles. The van der Waals surface area contributed by atoms with E-state index in [0.717, 1.165) is 29.8 Å². The monoisotopic (exact) mass is 365 g/mol. The Morgan fingerprint density at radius 3 is 2.63 bits per heavy atom. The molecule has 2 aromatic heterocycles. The number of amides is 1. The number of nitrogens with one attached hydrogen (secondary N) is 1. The molecule has 140 valence electrons. The van der Waals surface area contributed by atoms with Crippen molar-refractivity contribution in [2.45, 2.75) is 38.7 Å². The molecule has 1 fully saturated rings. The van der Waals surface area contributed by atoms with Crippen LogP contribution in [-0.2, 0) is 4.79 Å². The number of carbonyl (C=O) groups excluding carboxylic acids is 1. The summed E-state index contributed by atoms with van der Waals surface area (Å²) in [5, 5.41) is 7.31. The Morgan fingerprint density at radius 2 is 1.89 bits per heavy atom. The molecule has 7 nitrogen and oxygen atoms in total. The Morgan fingerprint density at radius 1 is 1.19 bits per heavy atom. The summed E-state index contributed by atoms with van der Waals surface area (Å²) in [6.45, 7) is 5.24. The highest BCUT2D eigenvalue weighted by molar-refractivity contribution is 5.81. The van der Waals surface area contributed by atoms with E-state index in [9.17, 15) is 4.79 Å². The number of aromatic nitrogens is 4. The molecule has 0 saturated carbocycles. The van der Waals surface area contributed by atoms with Gasteiger partial charge in [-0.3, -0.25) is 9.89 Å². The molecular weight excluding hydrogens is 342 g/mol. The molecule has 0 spiro atoms. The molecule has 3 aromatic rings. The number of aromatic amines is 1. The third-order valence-corrected chi connectivity index (χ3v) is 5.11. The summed E-state index contributed by atoms with van der Waals surface area (Å²) in [5.74, 6) is 1.06. The number of aryl methyl sites for hydroxylation is 1. The molecule has 1 N–H and O–H groups in total. The zero-order valence-corrected chi connectivity index (χ0v) is 15.6. The fourth-order valence-corrected chi connectivity index (χ4v) is 3.57. The lowest BCUT2D eigenvalue weighted by Crippen LogP contribution is -2.44. The number of nitrogens with zero attached hydrogens (tertiary/aromatic N) is 4. The topological polar surface area (TPSA) is 84.0 Å². The number of rotatable bonds is 4. The summed E-state index contributed by atoms with van der Waals surface area (Å²) < 4.78 is 5.82. The minimum Gasteiger partial charge on any atom is -0.481 e. The number of H-pyrrole nitrogens is 1. The van der Waals surface area contributed by atoms with Gasteiger partial charge in [-0.05, 0) is 38.8 Å². The number of ether oxygens (including phenoxy) is 1. The van der Waals surface area contributed by atoms with Gasteiger partial charge < -0.3 is 9.64 Å². The van der Waals surface area contributed by atoms with Crippen LogP contribution < -0.4 is 4.74 Å². The van der Waals surface area contributed by atoms with Gasteiger partial charge in [-0.2, -0.15) is 5.10 Å². The van der Waals surface area contributed by atoms with Gasteiger partial charge in [0, 0.05) is 31.4 Å². The molecule has 1 atom stereocenters. The Bertz CT molecular complexity index is 929. The number of hydrogen-bond acceptors (Lipinski definition) is 5. The van der Waals surface area contributed by atoms with Crippen LogP contribution in [0.15, 0.2) is 36.7 Å². The maximum Gasteiger partial charge on any atom is 0.263 e. The van der Waals surface area contributed by atoms with Gasteiger partial charge in [0.05, 0.1) is 5.69 Å². The summed E-state index contributed by atoms with van der Waals surface area (Å²) in [7, 11) is 0. The number of carbonyl (C=O) groups is 1. The second kappa shape index (κ2) is 7.34. The van der Waals surface area contributed by atoms with E-state index in [2.05, 4.69) is 20.2 Å². The normalized spacial score (nSPS) is 16.4. The first-order valence-electron chi connectivity index (χ1n) is 9.29. The first kappa shape index (κ1) is 17.5. The molecule has 1 unspecified atom stereocenters. The van der Waals surface area contributed by atoms with Crippen molar-refractivity contribution in [1.82, 2.24) is 25.1 Å². The third kappa shape index (κ3) is 3.63. The Labute approximate surface area is 157 Å². The molecule has 0 bridgehead atoms. The van der Waals surface area contributed by atoms with E-state index in [-0.39, 0.29) is 5.91 Å². The molecule has 27 heavy (non-hydrogen) atoms. The summed E-state index contributed by atoms with van der Waals surface area (Å²) >= 11 is 0. The van der Waals surface area contributed by atoms with Crippen molar-refractivity contribution in [3.05, 3.63) is 47.9 Å². The molecule has 1 aliphatic rings. The Hall–Kier alpha value is -2.96. The van der Waals surface area contributed by atoms with Crippen molar-refractivity contribution in [2.75, 3.05) is 13.1 Å². The maximum absolute atomic E-state index is 12.7. The van der Waals surface area contributed by atoms with Gasteiger partial charge in [-0.1, -0.05) is 17.7 Å². The van der Waals surface area contributed by atoms with Crippen molar-refractivity contribution < 1.29 is 9.53 Å². The van der Waals surface area contributed by atoms with E-state index >= 15 is 0 Å². The molecule has 1 amide bonds. The van der Waals surface area contributed by atoms with Gasteiger partial charge in [0.1, 0.15) is 11.3 Å². The highest BCUT2D eigenvalue weighted by atomic mass is 16.5. The third-order valence-electron chi connectivity index (χ3n) is 5.11.